The number of rotatable bonds is 9. The first kappa shape index (κ1) is 21.2. The number of esters is 1. The zero-order valence-corrected chi connectivity index (χ0v) is 16.9. The molecule has 0 saturated heterocycles. The third kappa shape index (κ3) is 4.56. The molecule has 0 aromatic heterocycles. The molecule has 2 aromatic rings. The van der Waals surface area contributed by atoms with Crippen molar-refractivity contribution in [2.45, 2.75) is 32.8 Å². The van der Waals surface area contributed by atoms with Gasteiger partial charge in [-0.05, 0) is 56.7 Å². The molecule has 2 aromatic carbocycles. The number of hydrogen-bond acceptors (Lipinski definition) is 6. The topological polar surface area (TPSA) is 90.0 Å². The number of amides is 2. The molecule has 156 valence electrons. The minimum Gasteiger partial charge on any atom is -0.494 e. The molecule has 30 heavy (non-hydrogen) atoms. The van der Waals surface area contributed by atoms with E-state index in [1.54, 1.807) is 48.5 Å². The molecule has 0 spiro atoms. The Bertz CT molecular complexity index is 931. The zero-order valence-electron chi connectivity index (χ0n) is 16.9. The molecule has 0 N–H and O–H groups in total. The van der Waals surface area contributed by atoms with Gasteiger partial charge in [0.05, 0.1) is 17.7 Å². The molecule has 7 heteroatoms. The number of benzene rings is 2. The molecule has 0 aliphatic carbocycles. The number of carbonyl (C=O) groups is 4. The van der Waals surface area contributed by atoms with Crippen LogP contribution < -0.4 is 4.74 Å². The zero-order chi connectivity index (χ0) is 21.7. The van der Waals surface area contributed by atoms with Gasteiger partial charge in [0.1, 0.15) is 5.75 Å². The second kappa shape index (κ2) is 9.35. The molecule has 1 aliphatic rings. The van der Waals surface area contributed by atoms with Gasteiger partial charge in [-0.2, -0.15) is 0 Å². The predicted octanol–water partition coefficient (Wildman–Crippen LogP) is 3.28. The fraction of sp³-hybridized carbons (Fsp3) is 0.304. The van der Waals surface area contributed by atoms with E-state index in [1.165, 1.54) is 6.92 Å². The first-order chi connectivity index (χ1) is 14.4. The highest BCUT2D eigenvalue weighted by atomic mass is 16.5. The highest BCUT2D eigenvalue weighted by Crippen LogP contribution is 2.22. The average molecular weight is 409 g/mol. The van der Waals surface area contributed by atoms with Crippen molar-refractivity contribution in [1.82, 2.24) is 4.90 Å². The normalized spacial score (nSPS) is 13.7. The van der Waals surface area contributed by atoms with Crippen molar-refractivity contribution in [1.29, 1.82) is 0 Å². The molecule has 0 fully saturated rings. The van der Waals surface area contributed by atoms with Gasteiger partial charge in [-0.3, -0.25) is 24.1 Å². The molecule has 1 atom stereocenters. The lowest BCUT2D eigenvalue weighted by Gasteiger charge is -2.15. The molecule has 0 radical (unpaired) electrons. The minimum atomic E-state index is -0.935. The van der Waals surface area contributed by atoms with Gasteiger partial charge in [-0.1, -0.05) is 12.1 Å². The average Bonchev–Trinajstić information content (AvgIpc) is 2.99. The van der Waals surface area contributed by atoms with Gasteiger partial charge < -0.3 is 9.47 Å². The Labute approximate surface area is 174 Å². The van der Waals surface area contributed by atoms with E-state index in [4.69, 9.17) is 9.47 Å². The van der Waals surface area contributed by atoms with Crippen LogP contribution in [0.4, 0.5) is 0 Å². The standard InChI is InChI=1S/C23H23NO6/c1-3-29-17-12-10-16(11-13-17)21(26)15(2)30-20(25)9-6-14-24-22(27)18-7-4-5-8-19(18)23(24)28/h4-5,7-8,10-13,15H,3,6,9,14H2,1-2H3/t15-/m0/s1. The van der Waals surface area contributed by atoms with E-state index in [1.807, 2.05) is 6.92 Å². The van der Waals surface area contributed by atoms with Crippen molar-refractivity contribution in [3.63, 3.8) is 0 Å². The van der Waals surface area contributed by atoms with Crippen LogP contribution in [0, 0.1) is 0 Å². The Morgan fingerprint density at radius 3 is 2.13 bits per heavy atom. The predicted molar refractivity (Wildman–Crippen MR) is 109 cm³/mol. The van der Waals surface area contributed by atoms with E-state index in [0.29, 0.717) is 29.0 Å². The molecule has 0 unspecified atom stereocenters. The Kier molecular flexibility index (Phi) is 6.61. The fourth-order valence-corrected chi connectivity index (χ4v) is 3.25. The number of imide groups is 1. The lowest BCUT2D eigenvalue weighted by atomic mass is 10.1. The van der Waals surface area contributed by atoms with E-state index in [2.05, 4.69) is 0 Å². The molecule has 3 rings (SSSR count). The molecule has 0 saturated carbocycles. The smallest absolute Gasteiger partial charge is 0.306 e. The summed E-state index contributed by atoms with van der Waals surface area (Å²) >= 11 is 0. The maximum Gasteiger partial charge on any atom is 0.306 e. The lowest BCUT2D eigenvalue weighted by molar-refractivity contribution is -0.146. The molecule has 7 nitrogen and oxygen atoms in total. The van der Waals surface area contributed by atoms with Gasteiger partial charge in [0, 0.05) is 18.5 Å². The summed E-state index contributed by atoms with van der Waals surface area (Å²) in [4.78, 5) is 50.3. The highest BCUT2D eigenvalue weighted by Gasteiger charge is 2.34. The number of nitrogens with zero attached hydrogens (tertiary/aromatic N) is 1. The Hall–Kier alpha value is -3.48. The van der Waals surface area contributed by atoms with Gasteiger partial charge in [-0.25, -0.2) is 0 Å². The van der Waals surface area contributed by atoms with Crippen LogP contribution in [0.3, 0.4) is 0 Å². The first-order valence-electron chi connectivity index (χ1n) is 9.84. The fourth-order valence-electron chi connectivity index (χ4n) is 3.25. The van der Waals surface area contributed by atoms with E-state index in [-0.39, 0.29) is 37.0 Å². The number of ketones is 1. The summed E-state index contributed by atoms with van der Waals surface area (Å²) in [5.41, 5.74) is 1.17. The van der Waals surface area contributed by atoms with Crippen LogP contribution in [0.5, 0.6) is 5.75 Å². The lowest BCUT2D eigenvalue weighted by Crippen LogP contribution is -2.31. The summed E-state index contributed by atoms with van der Waals surface area (Å²) in [6.07, 6.45) is -0.683. The van der Waals surface area contributed by atoms with Crippen molar-refractivity contribution in [2.75, 3.05) is 13.2 Å². The van der Waals surface area contributed by atoms with Crippen LogP contribution in [0.25, 0.3) is 0 Å². The maximum atomic E-state index is 12.4. The molecule has 1 aliphatic heterocycles. The van der Waals surface area contributed by atoms with E-state index in [9.17, 15) is 19.2 Å². The number of carbonyl (C=O) groups excluding carboxylic acids is 4. The minimum absolute atomic E-state index is 0.00565. The number of Topliss-reactive ketones (excluding diaryl/α,β-unsaturated/α-hetero) is 1. The van der Waals surface area contributed by atoms with Crippen LogP contribution in [-0.2, 0) is 9.53 Å². The van der Waals surface area contributed by atoms with E-state index >= 15 is 0 Å². The summed E-state index contributed by atoms with van der Waals surface area (Å²) < 4.78 is 10.6. The number of fused-ring (bicyclic) bond motifs is 1. The van der Waals surface area contributed by atoms with Crippen LogP contribution in [-0.4, -0.2) is 47.7 Å². The van der Waals surface area contributed by atoms with Gasteiger partial charge in [-0.15, -0.1) is 0 Å². The summed E-state index contributed by atoms with van der Waals surface area (Å²) in [7, 11) is 0. The van der Waals surface area contributed by atoms with Crippen LogP contribution in [0.2, 0.25) is 0 Å². The summed E-state index contributed by atoms with van der Waals surface area (Å²) in [5.74, 6) is -0.928. The van der Waals surface area contributed by atoms with Crippen molar-refractivity contribution in [3.8, 4) is 5.75 Å². The highest BCUT2D eigenvalue weighted by molar-refractivity contribution is 6.21. The number of hydrogen-bond donors (Lipinski definition) is 0. The Morgan fingerprint density at radius 1 is 0.967 bits per heavy atom. The third-order valence-corrected chi connectivity index (χ3v) is 4.77. The molecule has 2 amide bonds. The SMILES string of the molecule is CCOc1ccc(C(=O)[C@H](C)OC(=O)CCCN2C(=O)c3ccccc3C2=O)cc1. The van der Waals surface area contributed by atoms with E-state index in [0.717, 1.165) is 4.90 Å². The molecular weight excluding hydrogens is 386 g/mol. The first-order valence-corrected chi connectivity index (χ1v) is 9.84. The third-order valence-electron chi connectivity index (χ3n) is 4.77. The quantitative estimate of drug-likeness (QED) is 0.359. The van der Waals surface area contributed by atoms with Gasteiger partial charge in [0.15, 0.2) is 6.10 Å². The van der Waals surface area contributed by atoms with Gasteiger partial charge >= 0.3 is 5.97 Å². The summed E-state index contributed by atoms with van der Waals surface area (Å²) in [5, 5.41) is 0. The van der Waals surface area contributed by atoms with Crippen LogP contribution >= 0.6 is 0 Å². The molecular formula is C23H23NO6. The van der Waals surface area contributed by atoms with Crippen molar-refractivity contribution in [3.05, 3.63) is 65.2 Å². The van der Waals surface area contributed by atoms with Gasteiger partial charge in [0.2, 0.25) is 5.78 Å². The van der Waals surface area contributed by atoms with Crippen LogP contribution in [0.1, 0.15) is 57.8 Å². The molecule has 0 bridgehead atoms. The maximum absolute atomic E-state index is 12.4. The Morgan fingerprint density at radius 2 is 1.57 bits per heavy atom. The van der Waals surface area contributed by atoms with Gasteiger partial charge in [0.25, 0.3) is 11.8 Å². The second-order valence-corrected chi connectivity index (χ2v) is 6.86. The summed E-state index contributed by atoms with van der Waals surface area (Å²) in [6.45, 7) is 4.03. The van der Waals surface area contributed by atoms with Crippen molar-refractivity contribution >= 4 is 23.6 Å². The van der Waals surface area contributed by atoms with Crippen molar-refractivity contribution < 1.29 is 28.7 Å². The Balaban J connectivity index is 1.47. The number of ether oxygens (including phenoxy) is 2. The second-order valence-electron chi connectivity index (χ2n) is 6.86. The largest absolute Gasteiger partial charge is 0.494 e. The van der Waals surface area contributed by atoms with Crippen LogP contribution in [0.15, 0.2) is 48.5 Å². The van der Waals surface area contributed by atoms with E-state index < -0.39 is 12.1 Å². The van der Waals surface area contributed by atoms with Crippen molar-refractivity contribution in [2.24, 2.45) is 0 Å². The summed E-state index contributed by atoms with van der Waals surface area (Å²) in [6, 6.07) is 13.2. The molecule has 1 heterocycles. The monoisotopic (exact) mass is 409 g/mol.